The molecule has 0 unspecified atom stereocenters. The Kier molecular flexibility index (Phi) is 7.91. The van der Waals surface area contributed by atoms with Crippen molar-refractivity contribution in [1.82, 2.24) is 4.90 Å². The molecule has 0 aliphatic carbocycles. The number of nitrogens with zero attached hydrogens (tertiary/aromatic N) is 3. The summed E-state index contributed by atoms with van der Waals surface area (Å²) in [5.74, 6) is 1.33. The maximum absolute atomic E-state index is 11.5. The summed E-state index contributed by atoms with van der Waals surface area (Å²) in [4.78, 5) is 15.6. The van der Waals surface area contributed by atoms with Gasteiger partial charge in [-0.1, -0.05) is 6.07 Å². The summed E-state index contributed by atoms with van der Waals surface area (Å²) in [5, 5.41) is 23.8. The van der Waals surface area contributed by atoms with E-state index in [-0.39, 0.29) is 17.2 Å². The fraction of sp³-hybridized carbons (Fsp3) is 0.455. The minimum Gasteiger partial charge on any atom is -0.493 e. The molecule has 0 bridgehead atoms. The van der Waals surface area contributed by atoms with Crippen LogP contribution >= 0.6 is 0 Å². The standard InChI is InChI=1S/C22H30N4O5/c1-30-21-6-3-17(15-22(21)31-2)7-8-23-19-16-18(4-5-20(19)26(28)29)25-11-9-24(10-12-25)13-14-27/h3-6,15-16,23,27H,7-14H2,1-2H3. The Labute approximate surface area is 182 Å². The number of nitro benzene ring substituents is 1. The third-order valence-corrected chi connectivity index (χ3v) is 5.51. The third-order valence-electron chi connectivity index (χ3n) is 5.51. The second-order valence-electron chi connectivity index (χ2n) is 7.38. The lowest BCUT2D eigenvalue weighted by molar-refractivity contribution is -0.383. The molecule has 2 aromatic carbocycles. The average Bonchev–Trinajstić information content (AvgIpc) is 2.79. The van der Waals surface area contributed by atoms with Crippen LogP contribution in [-0.4, -0.2) is 75.0 Å². The SMILES string of the molecule is COc1ccc(CCNc2cc(N3CCN(CCO)CC3)ccc2[N+](=O)[O-])cc1OC. The molecule has 2 N–H and O–H groups in total. The minimum absolute atomic E-state index is 0.0648. The quantitative estimate of drug-likeness (QED) is 0.438. The van der Waals surface area contributed by atoms with Crippen LogP contribution in [0.25, 0.3) is 0 Å². The van der Waals surface area contributed by atoms with Crippen molar-refractivity contribution in [1.29, 1.82) is 0 Å². The van der Waals surface area contributed by atoms with Crippen LogP contribution in [0.2, 0.25) is 0 Å². The molecule has 0 radical (unpaired) electrons. The number of β-amino-alcohol motifs (C(OH)–C–C–N with tert-alkyl or cyclic N) is 1. The lowest BCUT2D eigenvalue weighted by Gasteiger charge is -2.35. The van der Waals surface area contributed by atoms with Gasteiger partial charge in [0.2, 0.25) is 0 Å². The van der Waals surface area contributed by atoms with Crippen molar-refractivity contribution < 1.29 is 19.5 Å². The van der Waals surface area contributed by atoms with Gasteiger partial charge in [0.15, 0.2) is 11.5 Å². The predicted octanol–water partition coefficient (Wildman–Crippen LogP) is 2.38. The van der Waals surface area contributed by atoms with Gasteiger partial charge >= 0.3 is 0 Å². The van der Waals surface area contributed by atoms with Gasteiger partial charge in [0.25, 0.3) is 5.69 Å². The van der Waals surface area contributed by atoms with Crippen LogP contribution in [0.5, 0.6) is 11.5 Å². The van der Waals surface area contributed by atoms with Gasteiger partial charge in [0, 0.05) is 51.0 Å². The minimum atomic E-state index is -0.359. The monoisotopic (exact) mass is 430 g/mol. The van der Waals surface area contributed by atoms with Crippen LogP contribution in [0.1, 0.15) is 5.56 Å². The van der Waals surface area contributed by atoms with Gasteiger partial charge in [-0.25, -0.2) is 0 Å². The molecular weight excluding hydrogens is 400 g/mol. The molecule has 9 heteroatoms. The molecule has 1 heterocycles. The smallest absolute Gasteiger partial charge is 0.292 e. The number of nitrogens with one attached hydrogen (secondary N) is 1. The van der Waals surface area contributed by atoms with Crippen LogP contribution in [0.4, 0.5) is 17.1 Å². The topological polar surface area (TPSA) is 100 Å². The van der Waals surface area contributed by atoms with E-state index in [9.17, 15) is 10.1 Å². The van der Waals surface area contributed by atoms with Crippen LogP contribution in [0, 0.1) is 10.1 Å². The van der Waals surface area contributed by atoms with E-state index in [1.165, 1.54) is 0 Å². The third kappa shape index (κ3) is 5.77. The lowest BCUT2D eigenvalue weighted by Crippen LogP contribution is -2.47. The van der Waals surface area contributed by atoms with Gasteiger partial charge in [0.1, 0.15) is 5.69 Å². The molecule has 3 rings (SSSR count). The van der Waals surface area contributed by atoms with Gasteiger partial charge in [0.05, 0.1) is 25.7 Å². The van der Waals surface area contributed by atoms with Crippen molar-refractivity contribution in [3.63, 3.8) is 0 Å². The van der Waals surface area contributed by atoms with E-state index in [1.54, 1.807) is 26.4 Å². The van der Waals surface area contributed by atoms with Gasteiger partial charge in [-0.15, -0.1) is 0 Å². The maximum atomic E-state index is 11.5. The first-order valence-corrected chi connectivity index (χ1v) is 10.4. The molecule has 0 spiro atoms. The van der Waals surface area contributed by atoms with E-state index in [2.05, 4.69) is 15.1 Å². The van der Waals surface area contributed by atoms with Gasteiger partial charge in [-0.2, -0.15) is 0 Å². The molecule has 0 aromatic heterocycles. The second kappa shape index (κ2) is 10.8. The predicted molar refractivity (Wildman–Crippen MR) is 121 cm³/mol. The number of piperazine rings is 1. The summed E-state index contributed by atoms with van der Waals surface area (Å²) in [6, 6.07) is 11.0. The van der Waals surface area contributed by atoms with E-state index in [1.807, 2.05) is 24.3 Å². The molecule has 1 fully saturated rings. The Balaban J connectivity index is 1.67. The molecule has 1 saturated heterocycles. The zero-order valence-corrected chi connectivity index (χ0v) is 18.0. The first-order valence-electron chi connectivity index (χ1n) is 10.4. The Morgan fingerprint density at radius 3 is 2.45 bits per heavy atom. The zero-order valence-electron chi connectivity index (χ0n) is 18.0. The van der Waals surface area contributed by atoms with Crippen LogP contribution in [-0.2, 0) is 6.42 Å². The highest BCUT2D eigenvalue weighted by Gasteiger charge is 2.20. The normalized spacial score (nSPS) is 14.4. The molecule has 0 saturated carbocycles. The summed E-state index contributed by atoms with van der Waals surface area (Å²) in [5.41, 5.74) is 2.59. The molecule has 0 amide bonds. The number of benzene rings is 2. The number of methoxy groups -OCH3 is 2. The Morgan fingerprint density at radius 2 is 1.81 bits per heavy atom. The molecule has 9 nitrogen and oxygen atoms in total. The van der Waals surface area contributed by atoms with Crippen LogP contribution < -0.4 is 19.7 Å². The number of hydrogen-bond acceptors (Lipinski definition) is 8. The Morgan fingerprint density at radius 1 is 1.06 bits per heavy atom. The van der Waals surface area contributed by atoms with Crippen molar-refractivity contribution in [2.45, 2.75) is 6.42 Å². The summed E-state index contributed by atoms with van der Waals surface area (Å²) < 4.78 is 10.6. The highest BCUT2D eigenvalue weighted by molar-refractivity contribution is 5.69. The van der Waals surface area contributed by atoms with Gasteiger partial charge in [-0.05, 0) is 36.2 Å². The molecule has 168 valence electrons. The Hall–Kier alpha value is -3.04. The van der Waals surface area contributed by atoms with Gasteiger partial charge in [-0.3, -0.25) is 15.0 Å². The highest BCUT2D eigenvalue weighted by atomic mass is 16.6. The van der Waals surface area contributed by atoms with E-state index < -0.39 is 0 Å². The summed E-state index contributed by atoms with van der Waals surface area (Å²) in [6.07, 6.45) is 0.682. The van der Waals surface area contributed by atoms with Crippen molar-refractivity contribution in [2.75, 3.05) is 70.3 Å². The summed E-state index contributed by atoms with van der Waals surface area (Å²) >= 11 is 0. The molecule has 1 aliphatic rings. The number of hydrogen-bond donors (Lipinski definition) is 2. The average molecular weight is 431 g/mol. The highest BCUT2D eigenvalue weighted by Crippen LogP contribution is 2.31. The van der Waals surface area contributed by atoms with Crippen molar-refractivity contribution in [3.05, 3.63) is 52.1 Å². The first-order chi connectivity index (χ1) is 15.0. The molecule has 0 atom stereocenters. The number of aliphatic hydroxyl groups is 1. The van der Waals surface area contributed by atoms with Crippen LogP contribution in [0.15, 0.2) is 36.4 Å². The zero-order chi connectivity index (χ0) is 22.2. The molecule has 31 heavy (non-hydrogen) atoms. The van der Waals surface area contributed by atoms with Crippen LogP contribution in [0.3, 0.4) is 0 Å². The van der Waals surface area contributed by atoms with Crippen molar-refractivity contribution in [2.24, 2.45) is 0 Å². The summed E-state index contributed by atoms with van der Waals surface area (Å²) in [7, 11) is 3.19. The largest absolute Gasteiger partial charge is 0.493 e. The number of nitro groups is 1. The summed E-state index contributed by atoms with van der Waals surface area (Å²) in [6.45, 7) is 4.75. The molecule has 1 aliphatic heterocycles. The lowest BCUT2D eigenvalue weighted by atomic mass is 10.1. The first kappa shape index (κ1) is 22.6. The number of rotatable bonds is 10. The van der Waals surface area contributed by atoms with Crippen molar-refractivity contribution in [3.8, 4) is 11.5 Å². The fourth-order valence-corrected chi connectivity index (χ4v) is 3.77. The number of ether oxygens (including phenoxy) is 2. The van der Waals surface area contributed by atoms with E-state index >= 15 is 0 Å². The fourth-order valence-electron chi connectivity index (χ4n) is 3.77. The number of aliphatic hydroxyl groups excluding tert-OH is 1. The van der Waals surface area contributed by atoms with E-state index in [4.69, 9.17) is 14.6 Å². The van der Waals surface area contributed by atoms with Crippen molar-refractivity contribution >= 4 is 17.1 Å². The van der Waals surface area contributed by atoms with E-state index in [0.717, 1.165) is 37.4 Å². The molecule has 2 aromatic rings. The maximum Gasteiger partial charge on any atom is 0.292 e. The Bertz CT molecular complexity index is 884. The molecular formula is C22H30N4O5. The second-order valence-corrected chi connectivity index (χ2v) is 7.38. The van der Waals surface area contributed by atoms with Gasteiger partial charge < -0.3 is 24.8 Å². The van der Waals surface area contributed by atoms with E-state index in [0.29, 0.717) is 36.7 Å². The number of anilines is 2.